The van der Waals surface area contributed by atoms with Gasteiger partial charge in [0.25, 0.3) is 5.91 Å². The van der Waals surface area contributed by atoms with Crippen molar-refractivity contribution in [1.82, 2.24) is 0 Å². The smallest absolute Gasteiger partial charge is 0.255 e. The van der Waals surface area contributed by atoms with Crippen molar-refractivity contribution >= 4 is 27.3 Å². The summed E-state index contributed by atoms with van der Waals surface area (Å²) in [5.74, 6) is 1.05. The highest BCUT2D eigenvalue weighted by atomic mass is 32.2. The highest BCUT2D eigenvalue weighted by Gasteiger charge is 2.25. The normalized spacial score (nSPS) is 13.4. The minimum absolute atomic E-state index is 0.219. The number of rotatable bonds is 5. The van der Waals surface area contributed by atoms with Crippen LogP contribution in [0.4, 0.5) is 11.4 Å². The maximum absolute atomic E-state index is 12.6. The molecule has 1 amide bonds. The molecule has 0 spiro atoms. The van der Waals surface area contributed by atoms with Crippen molar-refractivity contribution in [3.63, 3.8) is 0 Å². The van der Waals surface area contributed by atoms with E-state index in [1.54, 1.807) is 36.4 Å². The van der Waals surface area contributed by atoms with Gasteiger partial charge in [-0.1, -0.05) is 0 Å². The lowest BCUT2D eigenvalue weighted by molar-refractivity contribution is 0.102. The number of carbonyl (C=O) groups excluding carboxylic acids is 1. The number of amides is 1. The largest absolute Gasteiger partial charge is 0.497 e. The first-order chi connectivity index (χ1) is 12.8. The number of hydrogen-bond donors (Lipinski definition) is 1. The van der Waals surface area contributed by atoms with E-state index in [1.807, 2.05) is 0 Å². The second kappa shape index (κ2) is 7.36. The first-order valence-electron chi connectivity index (χ1n) is 8.11. The maximum Gasteiger partial charge on any atom is 0.255 e. The molecule has 9 heteroatoms. The van der Waals surface area contributed by atoms with E-state index in [0.717, 1.165) is 6.26 Å². The molecule has 0 unspecified atom stereocenters. The fourth-order valence-electron chi connectivity index (χ4n) is 2.76. The van der Waals surface area contributed by atoms with Crippen LogP contribution in [0.5, 0.6) is 17.2 Å². The maximum atomic E-state index is 12.6. The molecule has 2 aromatic carbocycles. The summed E-state index contributed by atoms with van der Waals surface area (Å²) in [7, 11) is -0.448. The molecule has 0 radical (unpaired) electrons. The molecule has 1 aliphatic heterocycles. The molecular weight excluding hydrogens is 372 g/mol. The lowest BCUT2D eigenvalue weighted by atomic mass is 10.1. The van der Waals surface area contributed by atoms with Gasteiger partial charge in [-0.3, -0.25) is 9.10 Å². The van der Waals surface area contributed by atoms with Crippen molar-refractivity contribution in [2.45, 2.75) is 0 Å². The van der Waals surface area contributed by atoms with Crippen LogP contribution in [-0.4, -0.2) is 48.0 Å². The van der Waals surface area contributed by atoms with Crippen molar-refractivity contribution in [2.75, 3.05) is 43.2 Å². The zero-order valence-electron chi connectivity index (χ0n) is 15.2. The van der Waals surface area contributed by atoms with Crippen LogP contribution < -0.4 is 23.8 Å². The van der Waals surface area contributed by atoms with Gasteiger partial charge in [0.05, 0.1) is 32.7 Å². The van der Waals surface area contributed by atoms with Crippen LogP contribution >= 0.6 is 0 Å². The molecule has 1 heterocycles. The summed E-state index contributed by atoms with van der Waals surface area (Å²) in [6.45, 7) is 0.492. The number of nitrogens with zero attached hydrogens (tertiary/aromatic N) is 1. The summed E-state index contributed by atoms with van der Waals surface area (Å²) in [6.07, 6.45) is 1.13. The molecule has 1 aliphatic rings. The Kier molecular flexibility index (Phi) is 5.13. The number of ether oxygens (including phenoxy) is 3. The lowest BCUT2D eigenvalue weighted by Crippen LogP contribution is -2.37. The van der Waals surface area contributed by atoms with Crippen molar-refractivity contribution in [3.05, 3.63) is 42.0 Å². The molecule has 3 rings (SSSR count). The van der Waals surface area contributed by atoms with Gasteiger partial charge in [0.2, 0.25) is 10.0 Å². The quantitative estimate of drug-likeness (QED) is 0.838. The van der Waals surface area contributed by atoms with Gasteiger partial charge < -0.3 is 19.5 Å². The van der Waals surface area contributed by atoms with Crippen LogP contribution in [0.1, 0.15) is 10.4 Å². The molecule has 0 saturated heterocycles. The number of anilines is 2. The van der Waals surface area contributed by atoms with Crippen LogP contribution in [0.15, 0.2) is 36.4 Å². The van der Waals surface area contributed by atoms with Gasteiger partial charge >= 0.3 is 0 Å². The number of sulfonamides is 1. The third-order valence-electron chi connectivity index (χ3n) is 4.05. The van der Waals surface area contributed by atoms with E-state index < -0.39 is 10.0 Å². The van der Waals surface area contributed by atoms with E-state index in [4.69, 9.17) is 14.2 Å². The molecule has 0 aliphatic carbocycles. The number of methoxy groups -OCH3 is 2. The predicted molar refractivity (Wildman–Crippen MR) is 102 cm³/mol. The van der Waals surface area contributed by atoms with Crippen LogP contribution in [0, 0.1) is 0 Å². The van der Waals surface area contributed by atoms with E-state index in [9.17, 15) is 13.2 Å². The molecule has 0 bridgehead atoms. The summed E-state index contributed by atoms with van der Waals surface area (Å²) in [5, 5.41) is 2.76. The van der Waals surface area contributed by atoms with E-state index in [1.165, 1.54) is 18.5 Å². The van der Waals surface area contributed by atoms with Gasteiger partial charge in [-0.15, -0.1) is 0 Å². The zero-order valence-corrected chi connectivity index (χ0v) is 16.0. The Hall–Kier alpha value is -2.94. The lowest BCUT2D eigenvalue weighted by Gasteiger charge is -2.29. The fraction of sp³-hybridized carbons (Fsp3) is 0.278. The second-order valence-corrected chi connectivity index (χ2v) is 7.83. The highest BCUT2D eigenvalue weighted by Crippen LogP contribution is 2.35. The number of hydrogen-bond acceptors (Lipinski definition) is 6. The Morgan fingerprint density at radius 2 is 1.78 bits per heavy atom. The topological polar surface area (TPSA) is 94.2 Å². The molecule has 27 heavy (non-hydrogen) atoms. The molecular formula is C18H20N2O6S. The van der Waals surface area contributed by atoms with Gasteiger partial charge in [0, 0.05) is 17.3 Å². The number of carbonyl (C=O) groups is 1. The van der Waals surface area contributed by atoms with E-state index in [2.05, 4.69) is 5.32 Å². The molecule has 0 atom stereocenters. The molecule has 0 aromatic heterocycles. The third kappa shape index (κ3) is 4.08. The third-order valence-corrected chi connectivity index (χ3v) is 5.23. The standard InChI is InChI=1S/C18H20N2O6S/c1-24-14-8-12(9-15(11-14)25-2)18(21)19-13-4-5-17-16(10-13)20(6-7-26-17)27(3,22)23/h4-5,8-11H,6-7H2,1-3H3,(H,19,21). The fourth-order valence-corrected chi connectivity index (χ4v) is 3.66. The van der Waals surface area contributed by atoms with Crippen LogP contribution in [-0.2, 0) is 10.0 Å². The Morgan fingerprint density at radius 3 is 2.37 bits per heavy atom. The van der Waals surface area contributed by atoms with Crippen molar-refractivity contribution in [2.24, 2.45) is 0 Å². The number of nitrogens with one attached hydrogen (secondary N) is 1. The molecule has 0 fully saturated rings. The number of benzene rings is 2. The molecule has 2 aromatic rings. The highest BCUT2D eigenvalue weighted by molar-refractivity contribution is 7.92. The van der Waals surface area contributed by atoms with Gasteiger partial charge in [0.15, 0.2) is 0 Å². The Morgan fingerprint density at radius 1 is 1.11 bits per heavy atom. The second-order valence-electron chi connectivity index (χ2n) is 5.92. The summed E-state index contributed by atoms with van der Waals surface area (Å²) in [4.78, 5) is 12.6. The van der Waals surface area contributed by atoms with Gasteiger partial charge in [-0.05, 0) is 30.3 Å². The van der Waals surface area contributed by atoms with Crippen molar-refractivity contribution < 1.29 is 27.4 Å². The van der Waals surface area contributed by atoms with Gasteiger partial charge in [-0.2, -0.15) is 0 Å². The first kappa shape index (κ1) is 18.8. The minimum Gasteiger partial charge on any atom is -0.497 e. The molecule has 0 saturated carbocycles. The average molecular weight is 392 g/mol. The van der Waals surface area contributed by atoms with Crippen molar-refractivity contribution in [1.29, 1.82) is 0 Å². The van der Waals surface area contributed by atoms with Crippen LogP contribution in [0.3, 0.4) is 0 Å². The van der Waals surface area contributed by atoms with E-state index >= 15 is 0 Å². The molecule has 1 N–H and O–H groups in total. The SMILES string of the molecule is COc1cc(OC)cc(C(=O)Nc2ccc3c(c2)N(S(C)(=O)=O)CCO3)c1. The Balaban J connectivity index is 1.90. The molecule has 144 valence electrons. The van der Waals surface area contributed by atoms with E-state index in [-0.39, 0.29) is 19.1 Å². The first-order valence-corrected chi connectivity index (χ1v) is 9.95. The van der Waals surface area contributed by atoms with E-state index in [0.29, 0.717) is 34.2 Å². The average Bonchev–Trinajstić information content (AvgIpc) is 2.66. The monoisotopic (exact) mass is 392 g/mol. The number of fused-ring (bicyclic) bond motifs is 1. The summed E-state index contributed by atoms with van der Waals surface area (Å²) in [5.41, 5.74) is 1.18. The summed E-state index contributed by atoms with van der Waals surface area (Å²) < 4.78 is 41.1. The Labute approximate surface area is 157 Å². The van der Waals surface area contributed by atoms with Gasteiger partial charge in [-0.25, -0.2) is 8.42 Å². The van der Waals surface area contributed by atoms with Crippen molar-refractivity contribution in [3.8, 4) is 17.2 Å². The van der Waals surface area contributed by atoms with Gasteiger partial charge in [0.1, 0.15) is 23.9 Å². The zero-order chi connectivity index (χ0) is 19.6. The summed E-state index contributed by atoms with van der Waals surface area (Å²) >= 11 is 0. The predicted octanol–water partition coefficient (Wildman–Crippen LogP) is 2.11. The minimum atomic E-state index is -3.45. The van der Waals surface area contributed by atoms with Crippen LogP contribution in [0.2, 0.25) is 0 Å². The Bertz CT molecular complexity index is 952. The van der Waals surface area contributed by atoms with Crippen LogP contribution in [0.25, 0.3) is 0 Å². The summed E-state index contributed by atoms with van der Waals surface area (Å²) in [6, 6.07) is 9.70. The molecule has 8 nitrogen and oxygen atoms in total.